The Hall–Kier alpha value is -2.91. The van der Waals surface area contributed by atoms with Crippen LogP contribution >= 0.6 is 27.7 Å². The fourth-order valence-electron chi connectivity index (χ4n) is 2.85. The number of pyridine rings is 1. The van der Waals surface area contributed by atoms with Crippen molar-refractivity contribution >= 4 is 39.3 Å². The normalized spacial score (nSPS) is 10.9. The minimum atomic E-state index is -0.123. The number of amides is 1. The summed E-state index contributed by atoms with van der Waals surface area (Å²) >= 11 is 4.81. The molecule has 3 heterocycles. The van der Waals surface area contributed by atoms with Crippen molar-refractivity contribution in [2.75, 3.05) is 11.1 Å². The second-order valence-electron chi connectivity index (χ2n) is 6.53. The molecule has 0 aliphatic heterocycles. The first-order valence-electron chi connectivity index (χ1n) is 9.15. The lowest BCUT2D eigenvalue weighted by molar-refractivity contribution is -0.113. The van der Waals surface area contributed by atoms with Gasteiger partial charge in [-0.05, 0) is 64.8 Å². The summed E-state index contributed by atoms with van der Waals surface area (Å²) in [6, 6.07) is 13.3. The number of thioether (sulfide) groups is 1. The zero-order chi connectivity index (χ0) is 20.9. The van der Waals surface area contributed by atoms with E-state index in [1.54, 1.807) is 18.7 Å². The minimum absolute atomic E-state index is 0.123. The molecule has 0 radical (unpaired) electrons. The second kappa shape index (κ2) is 9.27. The Morgan fingerprint density at radius 1 is 1.20 bits per heavy atom. The van der Waals surface area contributed by atoms with E-state index in [0.717, 1.165) is 27.0 Å². The fourth-order valence-corrected chi connectivity index (χ4v) is 4.18. The molecule has 7 nitrogen and oxygen atoms in total. The summed E-state index contributed by atoms with van der Waals surface area (Å²) in [6.45, 7) is 2.46. The van der Waals surface area contributed by atoms with Crippen molar-refractivity contribution in [1.29, 1.82) is 0 Å². The largest absolute Gasteiger partial charge is 0.467 e. The molecule has 152 valence electrons. The molecule has 0 fully saturated rings. The van der Waals surface area contributed by atoms with Crippen molar-refractivity contribution in [1.82, 2.24) is 19.7 Å². The van der Waals surface area contributed by atoms with E-state index in [1.165, 1.54) is 11.8 Å². The van der Waals surface area contributed by atoms with Crippen LogP contribution in [0.3, 0.4) is 0 Å². The number of furan rings is 1. The molecule has 0 spiro atoms. The Morgan fingerprint density at radius 3 is 2.77 bits per heavy atom. The maximum absolute atomic E-state index is 12.5. The monoisotopic (exact) mass is 483 g/mol. The average Bonchev–Trinajstić information content (AvgIpc) is 3.40. The summed E-state index contributed by atoms with van der Waals surface area (Å²) in [7, 11) is 0. The molecule has 30 heavy (non-hydrogen) atoms. The number of hydrogen-bond donors (Lipinski definition) is 1. The van der Waals surface area contributed by atoms with Crippen LogP contribution in [0.2, 0.25) is 0 Å². The van der Waals surface area contributed by atoms with E-state index in [0.29, 0.717) is 17.5 Å². The first-order valence-corrected chi connectivity index (χ1v) is 10.9. The van der Waals surface area contributed by atoms with Gasteiger partial charge in [0.15, 0.2) is 11.0 Å². The maximum atomic E-state index is 12.5. The van der Waals surface area contributed by atoms with Crippen molar-refractivity contribution in [2.24, 2.45) is 0 Å². The molecule has 0 saturated carbocycles. The third kappa shape index (κ3) is 4.80. The lowest BCUT2D eigenvalue weighted by Gasteiger charge is -2.10. The van der Waals surface area contributed by atoms with E-state index in [4.69, 9.17) is 4.42 Å². The fraction of sp³-hybridized carbons (Fsp3) is 0.143. The Morgan fingerprint density at radius 2 is 2.03 bits per heavy atom. The molecule has 1 N–H and O–H groups in total. The number of anilines is 1. The minimum Gasteiger partial charge on any atom is -0.467 e. The molecule has 1 amide bonds. The molecule has 0 aliphatic carbocycles. The molecule has 0 aliphatic rings. The summed E-state index contributed by atoms with van der Waals surface area (Å²) in [5.74, 6) is 1.55. The quantitative estimate of drug-likeness (QED) is 0.380. The topological polar surface area (TPSA) is 85.8 Å². The molecule has 1 aromatic carbocycles. The van der Waals surface area contributed by atoms with Gasteiger partial charge in [0.25, 0.3) is 0 Å². The Labute approximate surface area is 186 Å². The maximum Gasteiger partial charge on any atom is 0.234 e. The van der Waals surface area contributed by atoms with Crippen LogP contribution in [0, 0.1) is 6.92 Å². The van der Waals surface area contributed by atoms with Crippen molar-refractivity contribution in [3.05, 3.63) is 76.9 Å². The van der Waals surface area contributed by atoms with Gasteiger partial charge in [0.1, 0.15) is 5.76 Å². The van der Waals surface area contributed by atoms with Gasteiger partial charge in [-0.2, -0.15) is 0 Å². The summed E-state index contributed by atoms with van der Waals surface area (Å²) in [5.41, 5.74) is 2.74. The lowest BCUT2D eigenvalue weighted by Crippen LogP contribution is -2.15. The SMILES string of the molecule is Cc1ccc(NC(=O)CSc2nnc(-c3ccncc3)n2Cc2ccco2)c(Br)c1. The number of carbonyl (C=O) groups is 1. The molecule has 4 rings (SSSR count). The number of aryl methyl sites for hydroxylation is 1. The molecular weight excluding hydrogens is 466 g/mol. The first kappa shape index (κ1) is 20.4. The standard InChI is InChI=1S/C21H18BrN5O2S/c1-14-4-5-18(17(22)11-14)24-19(28)13-30-21-26-25-20(15-6-8-23-9-7-15)27(21)12-16-3-2-10-29-16/h2-11H,12-13H2,1H3,(H,24,28). The van der Waals surface area contributed by atoms with Crippen LogP contribution in [-0.2, 0) is 11.3 Å². The second-order valence-corrected chi connectivity index (χ2v) is 8.32. The number of hydrogen-bond acceptors (Lipinski definition) is 6. The summed E-state index contributed by atoms with van der Waals surface area (Å²) in [4.78, 5) is 16.5. The van der Waals surface area contributed by atoms with Gasteiger partial charge in [-0.1, -0.05) is 17.8 Å². The molecule has 0 bridgehead atoms. The van der Waals surface area contributed by atoms with Crippen molar-refractivity contribution in [3.8, 4) is 11.4 Å². The van der Waals surface area contributed by atoms with Crippen LogP contribution in [0.15, 0.2) is 75.2 Å². The van der Waals surface area contributed by atoms with Crippen LogP contribution < -0.4 is 5.32 Å². The van der Waals surface area contributed by atoms with Gasteiger partial charge in [-0.3, -0.25) is 14.3 Å². The van der Waals surface area contributed by atoms with Gasteiger partial charge in [-0.25, -0.2) is 0 Å². The van der Waals surface area contributed by atoms with Gasteiger partial charge in [0.05, 0.1) is 24.2 Å². The zero-order valence-electron chi connectivity index (χ0n) is 16.1. The highest BCUT2D eigenvalue weighted by Gasteiger charge is 2.17. The third-order valence-electron chi connectivity index (χ3n) is 4.28. The Kier molecular flexibility index (Phi) is 6.29. The van der Waals surface area contributed by atoms with Crippen molar-refractivity contribution in [3.63, 3.8) is 0 Å². The number of aromatic nitrogens is 4. The van der Waals surface area contributed by atoms with Crippen molar-refractivity contribution < 1.29 is 9.21 Å². The number of nitrogens with one attached hydrogen (secondary N) is 1. The lowest BCUT2D eigenvalue weighted by atomic mass is 10.2. The summed E-state index contributed by atoms with van der Waals surface area (Å²) in [6.07, 6.45) is 5.05. The number of nitrogens with zero attached hydrogens (tertiary/aromatic N) is 4. The first-order chi connectivity index (χ1) is 14.6. The predicted molar refractivity (Wildman–Crippen MR) is 119 cm³/mol. The number of halogens is 1. The molecular formula is C21H18BrN5O2S. The van der Waals surface area contributed by atoms with Gasteiger partial charge in [-0.15, -0.1) is 10.2 Å². The smallest absolute Gasteiger partial charge is 0.234 e. The van der Waals surface area contributed by atoms with Gasteiger partial charge < -0.3 is 9.73 Å². The molecule has 0 saturated heterocycles. The van der Waals surface area contributed by atoms with Crippen LogP contribution in [-0.4, -0.2) is 31.4 Å². The van der Waals surface area contributed by atoms with E-state index < -0.39 is 0 Å². The third-order valence-corrected chi connectivity index (χ3v) is 5.90. The van der Waals surface area contributed by atoms with Gasteiger partial charge >= 0.3 is 0 Å². The molecule has 4 aromatic rings. The number of benzene rings is 1. The van der Waals surface area contributed by atoms with Gasteiger partial charge in [0, 0.05) is 22.4 Å². The molecule has 0 atom stereocenters. The Bertz CT molecular complexity index is 1150. The van der Waals surface area contributed by atoms with Crippen LogP contribution in [0.4, 0.5) is 5.69 Å². The number of rotatable bonds is 7. The zero-order valence-corrected chi connectivity index (χ0v) is 18.5. The van der Waals surface area contributed by atoms with Crippen LogP contribution in [0.25, 0.3) is 11.4 Å². The molecule has 9 heteroatoms. The number of carbonyl (C=O) groups excluding carboxylic acids is 1. The average molecular weight is 484 g/mol. The highest BCUT2D eigenvalue weighted by Crippen LogP contribution is 2.26. The predicted octanol–water partition coefficient (Wildman–Crippen LogP) is 4.78. The molecule has 3 aromatic heterocycles. The van der Waals surface area contributed by atoms with Crippen LogP contribution in [0.5, 0.6) is 0 Å². The Balaban J connectivity index is 1.52. The summed E-state index contributed by atoms with van der Waals surface area (Å²) < 4.78 is 8.28. The van der Waals surface area contributed by atoms with E-state index in [1.807, 2.05) is 54.0 Å². The molecule has 0 unspecified atom stereocenters. The van der Waals surface area contributed by atoms with Crippen LogP contribution in [0.1, 0.15) is 11.3 Å². The van der Waals surface area contributed by atoms with Gasteiger partial charge in [0.2, 0.25) is 5.91 Å². The highest BCUT2D eigenvalue weighted by molar-refractivity contribution is 9.10. The van der Waals surface area contributed by atoms with E-state index in [-0.39, 0.29) is 11.7 Å². The van der Waals surface area contributed by atoms with Crippen molar-refractivity contribution in [2.45, 2.75) is 18.6 Å². The summed E-state index contributed by atoms with van der Waals surface area (Å²) in [5, 5.41) is 12.2. The van der Waals surface area contributed by atoms with E-state index in [2.05, 4.69) is 36.4 Å². The van der Waals surface area contributed by atoms with E-state index >= 15 is 0 Å². The van der Waals surface area contributed by atoms with E-state index in [9.17, 15) is 4.79 Å². The highest BCUT2D eigenvalue weighted by atomic mass is 79.9.